The van der Waals surface area contributed by atoms with Gasteiger partial charge in [-0.15, -0.1) is 0 Å². The van der Waals surface area contributed by atoms with E-state index >= 15 is 0 Å². The molecule has 0 radical (unpaired) electrons. The van der Waals surface area contributed by atoms with Crippen LogP contribution in [0.4, 0.5) is 4.79 Å². The van der Waals surface area contributed by atoms with Gasteiger partial charge in [-0.25, -0.2) is 9.78 Å². The number of rotatable bonds is 9. The Morgan fingerprint density at radius 3 is 2.97 bits per heavy atom. The molecular weight excluding hydrogens is 466 g/mol. The minimum Gasteiger partial charge on any atom is -0.465 e. The highest BCUT2D eigenvalue weighted by Gasteiger charge is 2.34. The van der Waals surface area contributed by atoms with Crippen molar-refractivity contribution < 1.29 is 9.90 Å². The summed E-state index contributed by atoms with van der Waals surface area (Å²) in [6.45, 7) is 3.69. The first-order valence-corrected chi connectivity index (χ1v) is 12.5. The van der Waals surface area contributed by atoms with Gasteiger partial charge in [-0.2, -0.15) is 5.26 Å². The Morgan fingerprint density at radius 2 is 2.24 bits per heavy atom. The molecule has 3 aromatic rings. The fourth-order valence-electron chi connectivity index (χ4n) is 5.47. The molecule has 37 heavy (non-hydrogen) atoms. The molecule has 2 atom stereocenters. The van der Waals surface area contributed by atoms with E-state index in [9.17, 15) is 15.2 Å². The van der Waals surface area contributed by atoms with Gasteiger partial charge in [0, 0.05) is 38.1 Å². The second kappa shape index (κ2) is 11.2. The van der Waals surface area contributed by atoms with E-state index in [0.717, 1.165) is 43.3 Å². The molecule has 0 bridgehead atoms. The topological polar surface area (TPSA) is 131 Å². The van der Waals surface area contributed by atoms with E-state index in [1.807, 2.05) is 36.7 Å². The van der Waals surface area contributed by atoms with Crippen LogP contribution < -0.4 is 5.32 Å². The second-order valence-corrected chi connectivity index (χ2v) is 10.2. The molecule has 9 heteroatoms. The number of hydrogen-bond acceptors (Lipinski definition) is 6. The lowest BCUT2D eigenvalue weighted by Gasteiger charge is -2.40. The third-order valence-corrected chi connectivity index (χ3v) is 7.14. The number of fused-ring (bicyclic) bond motifs is 1. The third-order valence-electron chi connectivity index (χ3n) is 7.14. The number of benzene rings is 1. The van der Waals surface area contributed by atoms with Gasteiger partial charge < -0.3 is 25.3 Å². The summed E-state index contributed by atoms with van der Waals surface area (Å²) in [4.78, 5) is 22.7. The number of pyridine rings is 1. The van der Waals surface area contributed by atoms with Gasteiger partial charge >= 0.3 is 6.09 Å². The molecule has 192 valence electrons. The Bertz CT molecular complexity index is 1360. The molecule has 1 amide bonds. The van der Waals surface area contributed by atoms with Crippen molar-refractivity contribution in [2.75, 3.05) is 13.6 Å². The maximum atomic E-state index is 12.2. The van der Waals surface area contributed by atoms with Crippen LogP contribution in [0, 0.1) is 28.1 Å². The van der Waals surface area contributed by atoms with Crippen LogP contribution in [-0.4, -0.2) is 50.4 Å². The molecule has 1 saturated carbocycles. The van der Waals surface area contributed by atoms with E-state index < -0.39 is 6.09 Å². The summed E-state index contributed by atoms with van der Waals surface area (Å²) >= 11 is 0. The molecule has 1 unspecified atom stereocenters. The van der Waals surface area contributed by atoms with Crippen LogP contribution in [0.1, 0.15) is 49.6 Å². The van der Waals surface area contributed by atoms with Crippen LogP contribution in [0.15, 0.2) is 48.9 Å². The summed E-state index contributed by atoms with van der Waals surface area (Å²) in [5.74, 6) is 0.240. The molecule has 2 aromatic heterocycles. The summed E-state index contributed by atoms with van der Waals surface area (Å²) < 4.78 is 2.13. The number of nitriles is 1. The van der Waals surface area contributed by atoms with Gasteiger partial charge in [0.05, 0.1) is 46.9 Å². The van der Waals surface area contributed by atoms with Gasteiger partial charge in [-0.1, -0.05) is 19.4 Å². The number of aromatic nitrogens is 3. The zero-order valence-electron chi connectivity index (χ0n) is 21.3. The summed E-state index contributed by atoms with van der Waals surface area (Å²) in [5.41, 5.74) is 4.35. The number of allylic oxidation sites excluding steroid dienone is 1. The molecule has 1 aliphatic rings. The highest BCUT2D eigenvalue weighted by Crippen LogP contribution is 2.41. The standard InChI is InChI=1S/C28H33N7O2/c1-28(18-35-19-32-25-9-8-20(13-29)11-26(25)35)10-4-5-21(12-28)16-34(27(36)37)17-23-6-3-7-24(33-23)22(14-30)15-31-2/h3,6-9,11,14-15,19,21,30-31H,4-5,10,12,16-18H2,1-2H3,(H,36,37)/b22-15+,30-14?/t21?,28-/m0/s1. The molecule has 0 aliphatic heterocycles. The Balaban J connectivity index is 1.47. The maximum absolute atomic E-state index is 12.2. The van der Waals surface area contributed by atoms with Gasteiger partial charge in [0.2, 0.25) is 0 Å². The lowest BCUT2D eigenvalue weighted by molar-refractivity contribution is 0.0922. The summed E-state index contributed by atoms with van der Waals surface area (Å²) in [5, 5.41) is 29.8. The fourth-order valence-corrected chi connectivity index (χ4v) is 5.47. The first kappa shape index (κ1) is 25.9. The first-order chi connectivity index (χ1) is 17.8. The molecule has 4 rings (SSSR count). The molecule has 1 aliphatic carbocycles. The maximum Gasteiger partial charge on any atom is 0.407 e. The number of imidazole rings is 1. The van der Waals surface area contributed by atoms with E-state index in [1.165, 1.54) is 11.1 Å². The molecule has 3 N–H and O–H groups in total. The average Bonchev–Trinajstić information content (AvgIpc) is 3.28. The number of amides is 1. The summed E-state index contributed by atoms with van der Waals surface area (Å²) in [7, 11) is 1.76. The minimum absolute atomic E-state index is 0.00164. The zero-order valence-corrected chi connectivity index (χ0v) is 21.3. The van der Waals surface area contributed by atoms with Crippen molar-refractivity contribution in [2.24, 2.45) is 11.3 Å². The molecule has 1 aromatic carbocycles. The Morgan fingerprint density at radius 1 is 1.41 bits per heavy atom. The lowest BCUT2D eigenvalue weighted by atomic mass is 9.70. The van der Waals surface area contributed by atoms with Crippen molar-refractivity contribution in [3.63, 3.8) is 0 Å². The highest BCUT2D eigenvalue weighted by molar-refractivity contribution is 6.07. The number of nitrogens with zero attached hydrogens (tertiary/aromatic N) is 5. The minimum atomic E-state index is -0.956. The van der Waals surface area contributed by atoms with E-state index in [0.29, 0.717) is 29.1 Å². The first-order valence-electron chi connectivity index (χ1n) is 12.5. The number of carbonyl (C=O) groups is 1. The van der Waals surface area contributed by atoms with Gasteiger partial charge in [-0.05, 0) is 60.9 Å². The van der Waals surface area contributed by atoms with Crippen molar-refractivity contribution >= 4 is 28.9 Å². The fraction of sp³-hybridized carbons (Fsp3) is 0.393. The predicted molar refractivity (Wildman–Crippen MR) is 143 cm³/mol. The van der Waals surface area contributed by atoms with Crippen LogP contribution >= 0.6 is 0 Å². The third kappa shape index (κ3) is 6.15. The number of nitrogens with one attached hydrogen (secondary N) is 2. The van der Waals surface area contributed by atoms with Crippen LogP contribution in [0.3, 0.4) is 0 Å². The van der Waals surface area contributed by atoms with E-state index in [4.69, 9.17) is 5.41 Å². The van der Waals surface area contributed by atoms with Crippen LogP contribution in [0.2, 0.25) is 0 Å². The quantitative estimate of drug-likeness (QED) is 0.359. The van der Waals surface area contributed by atoms with Crippen LogP contribution in [0.25, 0.3) is 16.6 Å². The van der Waals surface area contributed by atoms with E-state index in [-0.39, 0.29) is 17.9 Å². The van der Waals surface area contributed by atoms with Gasteiger partial charge in [0.15, 0.2) is 0 Å². The molecule has 9 nitrogen and oxygen atoms in total. The Hall–Kier alpha value is -4.19. The Kier molecular flexibility index (Phi) is 7.87. The highest BCUT2D eigenvalue weighted by atomic mass is 16.4. The predicted octanol–water partition coefficient (Wildman–Crippen LogP) is 4.89. The average molecular weight is 500 g/mol. The van der Waals surface area contributed by atoms with Gasteiger partial charge in [0.1, 0.15) is 0 Å². The van der Waals surface area contributed by atoms with Gasteiger partial charge in [-0.3, -0.25) is 4.98 Å². The smallest absolute Gasteiger partial charge is 0.407 e. The number of hydrogen-bond donors (Lipinski definition) is 3. The van der Waals surface area contributed by atoms with Crippen molar-refractivity contribution in [1.29, 1.82) is 10.7 Å². The van der Waals surface area contributed by atoms with Crippen molar-refractivity contribution in [1.82, 2.24) is 24.8 Å². The largest absolute Gasteiger partial charge is 0.465 e. The lowest BCUT2D eigenvalue weighted by Crippen LogP contribution is -2.38. The molecule has 0 spiro atoms. The Labute approximate surface area is 217 Å². The van der Waals surface area contributed by atoms with Crippen molar-refractivity contribution in [3.8, 4) is 6.07 Å². The number of carboxylic acid groups (broad SMARTS) is 1. The molecular formula is C28H33N7O2. The van der Waals surface area contributed by atoms with Crippen LogP contribution in [-0.2, 0) is 13.1 Å². The molecule has 1 fully saturated rings. The summed E-state index contributed by atoms with van der Waals surface area (Å²) in [6.07, 6.45) is 7.80. The van der Waals surface area contributed by atoms with E-state index in [2.05, 4.69) is 32.8 Å². The van der Waals surface area contributed by atoms with Gasteiger partial charge in [0.25, 0.3) is 0 Å². The monoisotopic (exact) mass is 499 g/mol. The normalized spacial score (nSPS) is 19.8. The zero-order chi connectivity index (χ0) is 26.4. The van der Waals surface area contributed by atoms with Crippen LogP contribution in [0.5, 0.6) is 0 Å². The van der Waals surface area contributed by atoms with Crippen molar-refractivity contribution in [3.05, 3.63) is 65.9 Å². The van der Waals surface area contributed by atoms with E-state index in [1.54, 1.807) is 19.3 Å². The SMILES string of the molecule is CN/C=C(\C=N)c1cccc(CN(CC2CCC[C@](C)(Cn3cnc4ccc(C#N)cc43)C2)C(=O)O)n1. The summed E-state index contributed by atoms with van der Waals surface area (Å²) in [6, 6.07) is 13.2. The second-order valence-electron chi connectivity index (χ2n) is 10.2. The van der Waals surface area contributed by atoms with Crippen molar-refractivity contribution in [2.45, 2.75) is 45.7 Å². The molecule has 2 heterocycles. The molecule has 0 saturated heterocycles.